The standard InChI is InChI=1S/C22H28N2O2/c25-20-23-22(7-3-5-15-4-1-2-6-18(15)22)13-24(20)19-16-8-14-9-17(19)12-21(26,10-14)11-16/h1-2,4,6,14,16-17,19,26H,3,5,7-13H2,(H,23,25). The van der Waals surface area contributed by atoms with E-state index in [1.54, 1.807) is 0 Å². The minimum absolute atomic E-state index is 0.131. The summed E-state index contributed by atoms with van der Waals surface area (Å²) in [6, 6.07) is 9.14. The summed E-state index contributed by atoms with van der Waals surface area (Å²) in [7, 11) is 0. The van der Waals surface area contributed by atoms with Gasteiger partial charge in [0.25, 0.3) is 0 Å². The molecule has 2 amide bonds. The average molecular weight is 352 g/mol. The van der Waals surface area contributed by atoms with Gasteiger partial charge >= 0.3 is 6.03 Å². The van der Waals surface area contributed by atoms with Crippen molar-refractivity contribution in [1.82, 2.24) is 10.2 Å². The van der Waals surface area contributed by atoms with Crippen LogP contribution >= 0.6 is 0 Å². The lowest BCUT2D eigenvalue weighted by atomic mass is 9.52. The molecule has 26 heavy (non-hydrogen) atoms. The van der Waals surface area contributed by atoms with E-state index in [-0.39, 0.29) is 11.6 Å². The summed E-state index contributed by atoms with van der Waals surface area (Å²) >= 11 is 0. The molecule has 6 aliphatic rings. The van der Waals surface area contributed by atoms with Gasteiger partial charge in [-0.2, -0.15) is 0 Å². The summed E-state index contributed by atoms with van der Waals surface area (Å²) in [5, 5.41) is 14.3. The van der Waals surface area contributed by atoms with Gasteiger partial charge in [-0.15, -0.1) is 0 Å². The fourth-order valence-electron chi connectivity index (χ4n) is 7.60. The lowest BCUT2D eigenvalue weighted by Gasteiger charge is -2.59. The fraction of sp³-hybridized carbons (Fsp3) is 0.682. The van der Waals surface area contributed by atoms with Gasteiger partial charge in [-0.1, -0.05) is 24.3 Å². The normalized spacial score (nSPS) is 45.9. The number of carbonyl (C=O) groups is 1. The molecule has 1 aromatic carbocycles. The van der Waals surface area contributed by atoms with Crippen LogP contribution in [-0.4, -0.2) is 34.2 Å². The predicted octanol–water partition coefficient (Wildman–Crippen LogP) is 3.18. The molecule has 1 aliphatic heterocycles. The number of carbonyl (C=O) groups excluding carboxylic acids is 1. The summed E-state index contributed by atoms with van der Waals surface area (Å²) in [5.41, 5.74) is 2.11. The SMILES string of the molecule is O=C1NC2(CCCc3ccccc32)CN1C1C2CC3CC1CC(O)(C3)C2. The number of aliphatic hydroxyl groups is 1. The van der Waals surface area contributed by atoms with Crippen molar-refractivity contribution in [1.29, 1.82) is 0 Å². The third-order valence-corrected chi connectivity index (χ3v) is 8.18. The minimum atomic E-state index is -0.432. The first kappa shape index (κ1) is 15.5. The number of hydrogen-bond acceptors (Lipinski definition) is 2. The highest BCUT2D eigenvalue weighted by atomic mass is 16.3. The molecule has 4 saturated carbocycles. The Morgan fingerprint density at radius 2 is 1.88 bits per heavy atom. The van der Waals surface area contributed by atoms with E-state index in [9.17, 15) is 9.90 Å². The van der Waals surface area contributed by atoms with E-state index >= 15 is 0 Å². The number of aryl methyl sites for hydroxylation is 1. The first-order chi connectivity index (χ1) is 12.6. The molecule has 3 unspecified atom stereocenters. The van der Waals surface area contributed by atoms with Crippen LogP contribution in [0, 0.1) is 17.8 Å². The Bertz CT molecular complexity index is 761. The smallest absolute Gasteiger partial charge is 0.318 e. The molecule has 1 heterocycles. The number of benzene rings is 1. The van der Waals surface area contributed by atoms with Gasteiger partial charge < -0.3 is 15.3 Å². The van der Waals surface area contributed by atoms with Gasteiger partial charge in [0.1, 0.15) is 0 Å². The summed E-state index contributed by atoms with van der Waals surface area (Å²) in [6.45, 7) is 0.809. The Labute approximate surface area is 155 Å². The first-order valence-electron chi connectivity index (χ1n) is 10.4. The molecular formula is C22H28N2O2. The van der Waals surface area contributed by atoms with Crippen molar-refractivity contribution in [3.8, 4) is 0 Å². The molecule has 138 valence electrons. The zero-order chi connectivity index (χ0) is 17.5. The van der Waals surface area contributed by atoms with Crippen molar-refractivity contribution in [2.24, 2.45) is 17.8 Å². The third kappa shape index (κ3) is 2.02. The molecule has 0 radical (unpaired) electrons. The van der Waals surface area contributed by atoms with Gasteiger partial charge in [-0.3, -0.25) is 0 Å². The molecule has 5 fully saturated rings. The fourth-order valence-corrected chi connectivity index (χ4v) is 7.60. The molecule has 7 rings (SSSR count). The molecule has 1 spiro atoms. The number of amides is 2. The van der Waals surface area contributed by atoms with Crippen molar-refractivity contribution >= 4 is 6.03 Å². The topological polar surface area (TPSA) is 52.6 Å². The van der Waals surface area contributed by atoms with Crippen LogP contribution in [0.5, 0.6) is 0 Å². The maximum Gasteiger partial charge on any atom is 0.318 e. The van der Waals surface area contributed by atoms with E-state index in [2.05, 4.69) is 34.5 Å². The number of rotatable bonds is 1. The van der Waals surface area contributed by atoms with Crippen LogP contribution in [0.25, 0.3) is 0 Å². The molecule has 2 N–H and O–H groups in total. The van der Waals surface area contributed by atoms with Crippen LogP contribution in [0.4, 0.5) is 4.79 Å². The maximum absolute atomic E-state index is 13.1. The third-order valence-electron chi connectivity index (χ3n) is 8.18. The minimum Gasteiger partial charge on any atom is -0.390 e. The zero-order valence-corrected chi connectivity index (χ0v) is 15.3. The Morgan fingerprint density at radius 3 is 2.65 bits per heavy atom. The quantitative estimate of drug-likeness (QED) is 0.816. The van der Waals surface area contributed by atoms with Crippen molar-refractivity contribution in [3.05, 3.63) is 35.4 Å². The van der Waals surface area contributed by atoms with E-state index < -0.39 is 5.60 Å². The highest BCUT2D eigenvalue weighted by Crippen LogP contribution is 2.57. The lowest BCUT2D eigenvalue weighted by molar-refractivity contribution is -0.152. The second-order valence-corrected chi connectivity index (χ2v) is 9.84. The summed E-state index contributed by atoms with van der Waals surface area (Å²) in [5.74, 6) is 1.67. The van der Waals surface area contributed by atoms with Crippen molar-refractivity contribution in [3.63, 3.8) is 0 Å². The van der Waals surface area contributed by atoms with Crippen molar-refractivity contribution in [2.75, 3.05) is 6.54 Å². The van der Waals surface area contributed by atoms with E-state index in [1.807, 2.05) is 0 Å². The van der Waals surface area contributed by atoms with Gasteiger partial charge in [0.05, 0.1) is 17.7 Å². The van der Waals surface area contributed by atoms with E-state index in [0.29, 0.717) is 23.8 Å². The van der Waals surface area contributed by atoms with E-state index in [0.717, 1.165) is 45.1 Å². The van der Waals surface area contributed by atoms with E-state index in [1.165, 1.54) is 24.0 Å². The summed E-state index contributed by atoms with van der Waals surface area (Å²) in [4.78, 5) is 15.3. The highest BCUT2D eigenvalue weighted by Gasteiger charge is 2.59. The van der Waals surface area contributed by atoms with Crippen LogP contribution in [0.1, 0.15) is 56.1 Å². The second-order valence-electron chi connectivity index (χ2n) is 9.84. The van der Waals surface area contributed by atoms with Crippen LogP contribution in [0.3, 0.4) is 0 Å². The molecule has 0 aromatic heterocycles. The van der Waals surface area contributed by atoms with Gasteiger partial charge in [0.15, 0.2) is 0 Å². The predicted molar refractivity (Wildman–Crippen MR) is 98.6 cm³/mol. The summed E-state index contributed by atoms with van der Waals surface area (Å²) in [6.07, 6.45) is 8.52. The Balaban J connectivity index is 1.34. The Morgan fingerprint density at radius 1 is 1.12 bits per heavy atom. The first-order valence-corrected chi connectivity index (χ1v) is 10.4. The Kier molecular flexibility index (Phi) is 3.00. The Hall–Kier alpha value is -1.55. The number of fused-ring (bicyclic) bond motifs is 2. The zero-order valence-electron chi connectivity index (χ0n) is 15.3. The number of nitrogens with one attached hydrogen (secondary N) is 1. The highest BCUT2D eigenvalue weighted by molar-refractivity contribution is 5.79. The molecule has 4 nitrogen and oxygen atoms in total. The largest absolute Gasteiger partial charge is 0.390 e. The molecule has 4 bridgehead atoms. The average Bonchev–Trinajstić information content (AvgIpc) is 2.90. The molecular weight excluding hydrogens is 324 g/mol. The number of urea groups is 1. The number of hydrogen-bond donors (Lipinski definition) is 2. The summed E-state index contributed by atoms with van der Waals surface area (Å²) < 4.78 is 0. The molecule has 1 saturated heterocycles. The van der Waals surface area contributed by atoms with Crippen LogP contribution in [-0.2, 0) is 12.0 Å². The monoisotopic (exact) mass is 352 g/mol. The van der Waals surface area contributed by atoms with Crippen LogP contribution in [0.15, 0.2) is 24.3 Å². The molecule has 3 atom stereocenters. The van der Waals surface area contributed by atoms with Gasteiger partial charge in [-0.25, -0.2) is 4.79 Å². The van der Waals surface area contributed by atoms with Crippen molar-refractivity contribution in [2.45, 2.75) is 68.5 Å². The van der Waals surface area contributed by atoms with Gasteiger partial charge in [0, 0.05) is 6.04 Å². The van der Waals surface area contributed by atoms with Gasteiger partial charge in [0.2, 0.25) is 0 Å². The van der Waals surface area contributed by atoms with Crippen LogP contribution < -0.4 is 5.32 Å². The van der Waals surface area contributed by atoms with Crippen LogP contribution in [0.2, 0.25) is 0 Å². The van der Waals surface area contributed by atoms with Crippen molar-refractivity contribution < 1.29 is 9.90 Å². The molecule has 5 aliphatic carbocycles. The molecule has 1 aromatic rings. The van der Waals surface area contributed by atoms with Gasteiger partial charge in [-0.05, 0) is 80.2 Å². The lowest BCUT2D eigenvalue weighted by Crippen LogP contribution is -2.62. The maximum atomic E-state index is 13.1. The molecule has 4 heteroatoms. The number of nitrogens with zero attached hydrogens (tertiary/aromatic N) is 1. The van der Waals surface area contributed by atoms with E-state index in [4.69, 9.17) is 0 Å². The second kappa shape index (κ2) is 5.03.